The Labute approximate surface area is 112 Å². The second-order valence-electron chi connectivity index (χ2n) is 3.72. The lowest BCUT2D eigenvalue weighted by Gasteiger charge is -2.08. The minimum Gasteiger partial charge on any atom is -0.494 e. The summed E-state index contributed by atoms with van der Waals surface area (Å²) in [5.74, 6) is 0.389. The van der Waals surface area contributed by atoms with Crippen LogP contribution in [-0.2, 0) is 4.79 Å². The number of carbonyl (C=O) groups excluding carboxylic acids is 2. The summed E-state index contributed by atoms with van der Waals surface area (Å²) in [5, 5.41) is 7.60. The molecule has 0 unspecified atom stereocenters. The van der Waals surface area contributed by atoms with Crippen LogP contribution in [-0.4, -0.2) is 31.6 Å². The van der Waals surface area contributed by atoms with Crippen LogP contribution in [0.2, 0.25) is 0 Å². The van der Waals surface area contributed by atoms with Crippen molar-refractivity contribution in [1.29, 1.82) is 0 Å². The summed E-state index contributed by atoms with van der Waals surface area (Å²) in [7, 11) is 0. The summed E-state index contributed by atoms with van der Waals surface area (Å²) in [5.41, 5.74) is 0.787. The van der Waals surface area contributed by atoms with Gasteiger partial charge in [-0.2, -0.15) is 0 Å². The Morgan fingerprint density at radius 1 is 1.16 bits per heavy atom. The molecule has 0 saturated heterocycles. The standard InChI is InChI=1S/C13H19N3O3/c1-3-14-13(18)16-12(17)9-15-10-5-7-11(8-6-10)19-4-2/h5-8,15H,3-4,9H2,1-2H3,(H2,14,16,17,18). The molecule has 104 valence electrons. The van der Waals surface area contributed by atoms with Crippen LogP contribution in [0.15, 0.2) is 24.3 Å². The number of carbonyl (C=O) groups is 2. The minimum atomic E-state index is -0.485. The van der Waals surface area contributed by atoms with Crippen molar-refractivity contribution < 1.29 is 14.3 Å². The number of anilines is 1. The molecule has 6 heteroatoms. The van der Waals surface area contributed by atoms with Crippen molar-refractivity contribution in [2.45, 2.75) is 13.8 Å². The Balaban J connectivity index is 2.35. The number of imide groups is 1. The molecule has 0 atom stereocenters. The molecule has 0 aromatic heterocycles. The van der Waals surface area contributed by atoms with E-state index in [9.17, 15) is 9.59 Å². The van der Waals surface area contributed by atoms with E-state index in [1.165, 1.54) is 0 Å². The van der Waals surface area contributed by atoms with E-state index in [2.05, 4.69) is 16.0 Å². The fourth-order valence-electron chi connectivity index (χ4n) is 1.39. The van der Waals surface area contributed by atoms with Gasteiger partial charge in [-0.25, -0.2) is 4.79 Å². The van der Waals surface area contributed by atoms with Gasteiger partial charge >= 0.3 is 6.03 Å². The number of nitrogens with one attached hydrogen (secondary N) is 3. The molecule has 1 rings (SSSR count). The molecule has 0 radical (unpaired) electrons. The molecule has 19 heavy (non-hydrogen) atoms. The normalized spacial score (nSPS) is 9.58. The average Bonchev–Trinajstić information content (AvgIpc) is 2.38. The van der Waals surface area contributed by atoms with E-state index in [0.717, 1.165) is 11.4 Å². The van der Waals surface area contributed by atoms with Crippen molar-refractivity contribution in [3.05, 3.63) is 24.3 Å². The third-order valence-corrected chi connectivity index (χ3v) is 2.21. The molecule has 0 spiro atoms. The van der Waals surface area contributed by atoms with E-state index in [1.807, 2.05) is 31.2 Å². The second-order valence-corrected chi connectivity index (χ2v) is 3.72. The van der Waals surface area contributed by atoms with Gasteiger partial charge < -0.3 is 15.4 Å². The number of benzene rings is 1. The van der Waals surface area contributed by atoms with E-state index in [0.29, 0.717) is 13.2 Å². The summed E-state index contributed by atoms with van der Waals surface area (Å²) >= 11 is 0. The number of hydrogen-bond donors (Lipinski definition) is 3. The zero-order chi connectivity index (χ0) is 14.1. The Kier molecular flexibility index (Phi) is 6.21. The van der Waals surface area contributed by atoms with Gasteiger partial charge in [-0.1, -0.05) is 0 Å². The number of hydrogen-bond acceptors (Lipinski definition) is 4. The van der Waals surface area contributed by atoms with Gasteiger partial charge in [-0.3, -0.25) is 10.1 Å². The molecule has 0 aliphatic heterocycles. The molecule has 6 nitrogen and oxygen atoms in total. The maximum absolute atomic E-state index is 11.4. The fraction of sp³-hybridized carbons (Fsp3) is 0.385. The van der Waals surface area contributed by atoms with Crippen LogP contribution in [0.1, 0.15) is 13.8 Å². The molecule has 0 fully saturated rings. The van der Waals surface area contributed by atoms with Crippen LogP contribution < -0.4 is 20.7 Å². The van der Waals surface area contributed by atoms with E-state index >= 15 is 0 Å². The maximum Gasteiger partial charge on any atom is 0.321 e. The lowest BCUT2D eigenvalue weighted by Crippen LogP contribution is -2.41. The number of ether oxygens (including phenoxy) is 1. The summed E-state index contributed by atoms with van der Waals surface area (Å²) in [6.07, 6.45) is 0. The molecular formula is C13H19N3O3. The maximum atomic E-state index is 11.4. The van der Waals surface area contributed by atoms with Gasteiger partial charge in [0.2, 0.25) is 5.91 Å². The minimum absolute atomic E-state index is 0.0329. The van der Waals surface area contributed by atoms with Crippen LogP contribution >= 0.6 is 0 Å². The van der Waals surface area contributed by atoms with Crippen LogP contribution in [0.3, 0.4) is 0 Å². The summed E-state index contributed by atoms with van der Waals surface area (Å²) < 4.78 is 5.31. The fourth-order valence-corrected chi connectivity index (χ4v) is 1.39. The smallest absolute Gasteiger partial charge is 0.321 e. The van der Waals surface area contributed by atoms with Crippen LogP contribution in [0.5, 0.6) is 5.75 Å². The van der Waals surface area contributed by atoms with Crippen LogP contribution in [0, 0.1) is 0 Å². The second kappa shape index (κ2) is 7.97. The first-order valence-corrected chi connectivity index (χ1v) is 6.20. The van der Waals surface area contributed by atoms with Gasteiger partial charge in [0.05, 0.1) is 13.2 Å². The van der Waals surface area contributed by atoms with E-state index in [-0.39, 0.29) is 12.5 Å². The first-order valence-electron chi connectivity index (χ1n) is 6.20. The zero-order valence-electron chi connectivity index (χ0n) is 11.2. The van der Waals surface area contributed by atoms with Gasteiger partial charge in [-0.05, 0) is 38.1 Å². The topological polar surface area (TPSA) is 79.5 Å². The Bertz CT molecular complexity index is 418. The SMILES string of the molecule is CCNC(=O)NC(=O)CNc1ccc(OCC)cc1. The van der Waals surface area contributed by atoms with Gasteiger partial charge in [0.15, 0.2) is 0 Å². The predicted molar refractivity (Wildman–Crippen MR) is 73.3 cm³/mol. The highest BCUT2D eigenvalue weighted by Crippen LogP contribution is 2.15. The lowest BCUT2D eigenvalue weighted by molar-refractivity contribution is -0.118. The predicted octanol–water partition coefficient (Wildman–Crippen LogP) is 1.34. The molecule has 3 N–H and O–H groups in total. The lowest BCUT2D eigenvalue weighted by atomic mass is 10.3. The van der Waals surface area contributed by atoms with Crippen LogP contribution in [0.25, 0.3) is 0 Å². The molecule has 0 aliphatic carbocycles. The molecule has 0 aliphatic rings. The molecule has 0 bridgehead atoms. The molecule has 0 saturated carbocycles. The molecular weight excluding hydrogens is 246 g/mol. The molecule has 1 aromatic rings. The zero-order valence-corrected chi connectivity index (χ0v) is 11.2. The van der Waals surface area contributed by atoms with E-state index in [4.69, 9.17) is 4.74 Å². The number of amides is 3. The van der Waals surface area contributed by atoms with Crippen molar-refractivity contribution in [3.8, 4) is 5.75 Å². The molecule has 0 heterocycles. The van der Waals surface area contributed by atoms with Gasteiger partial charge in [0.25, 0.3) is 0 Å². The van der Waals surface area contributed by atoms with E-state index in [1.54, 1.807) is 6.92 Å². The Hall–Kier alpha value is -2.24. The number of rotatable bonds is 6. The van der Waals surface area contributed by atoms with Crippen molar-refractivity contribution in [3.63, 3.8) is 0 Å². The van der Waals surface area contributed by atoms with Crippen molar-refractivity contribution in [2.75, 3.05) is 25.0 Å². The first kappa shape index (κ1) is 14.8. The Morgan fingerprint density at radius 2 is 1.84 bits per heavy atom. The highest BCUT2D eigenvalue weighted by atomic mass is 16.5. The monoisotopic (exact) mass is 265 g/mol. The third kappa shape index (κ3) is 5.76. The van der Waals surface area contributed by atoms with E-state index < -0.39 is 6.03 Å². The van der Waals surface area contributed by atoms with Crippen molar-refractivity contribution in [1.82, 2.24) is 10.6 Å². The van der Waals surface area contributed by atoms with Gasteiger partial charge in [-0.15, -0.1) is 0 Å². The summed E-state index contributed by atoms with van der Waals surface area (Å²) in [6.45, 7) is 4.82. The average molecular weight is 265 g/mol. The first-order chi connectivity index (χ1) is 9.15. The van der Waals surface area contributed by atoms with Gasteiger partial charge in [0.1, 0.15) is 5.75 Å². The Morgan fingerprint density at radius 3 is 2.42 bits per heavy atom. The number of urea groups is 1. The quantitative estimate of drug-likeness (QED) is 0.725. The van der Waals surface area contributed by atoms with Gasteiger partial charge in [0, 0.05) is 12.2 Å². The highest BCUT2D eigenvalue weighted by Gasteiger charge is 2.05. The van der Waals surface area contributed by atoms with Crippen LogP contribution in [0.4, 0.5) is 10.5 Å². The van der Waals surface area contributed by atoms with Crippen molar-refractivity contribution >= 4 is 17.6 Å². The molecule has 3 amide bonds. The van der Waals surface area contributed by atoms with Crippen molar-refractivity contribution in [2.24, 2.45) is 0 Å². The highest BCUT2D eigenvalue weighted by molar-refractivity contribution is 5.96. The largest absolute Gasteiger partial charge is 0.494 e. The summed E-state index contributed by atoms with van der Waals surface area (Å²) in [6, 6.07) is 6.76. The summed E-state index contributed by atoms with van der Waals surface area (Å²) in [4.78, 5) is 22.5. The third-order valence-electron chi connectivity index (χ3n) is 2.21. The molecule has 1 aromatic carbocycles.